The number of nitrogen functional groups attached to an aromatic ring is 1. The van der Waals surface area contributed by atoms with Crippen LogP contribution in [0.4, 0.5) is 5.69 Å². The van der Waals surface area contributed by atoms with E-state index < -0.39 is 0 Å². The third kappa shape index (κ3) is 1.24. The van der Waals surface area contributed by atoms with Crippen molar-refractivity contribution >= 4 is 23.9 Å². The maximum Gasteiger partial charge on any atom is 0.196 e. The van der Waals surface area contributed by atoms with Crippen LogP contribution in [0.15, 0.2) is 42.5 Å². The van der Waals surface area contributed by atoms with Crippen LogP contribution in [-0.4, -0.2) is 5.78 Å². The fourth-order valence-corrected chi connectivity index (χ4v) is 2.10. The molecular formula is C13H10ClNO. The molecular weight excluding hydrogens is 222 g/mol. The van der Waals surface area contributed by atoms with Gasteiger partial charge < -0.3 is 5.73 Å². The summed E-state index contributed by atoms with van der Waals surface area (Å²) < 4.78 is 0. The Kier molecular flexibility index (Phi) is 2.44. The van der Waals surface area contributed by atoms with Gasteiger partial charge in [-0.1, -0.05) is 36.4 Å². The van der Waals surface area contributed by atoms with Crippen molar-refractivity contribution in [1.82, 2.24) is 0 Å². The number of fused-ring (bicyclic) bond motifs is 3. The van der Waals surface area contributed by atoms with Crippen LogP contribution in [0, 0.1) is 0 Å². The van der Waals surface area contributed by atoms with Crippen molar-refractivity contribution in [1.29, 1.82) is 0 Å². The molecule has 0 saturated carbocycles. The second-order valence-electron chi connectivity index (χ2n) is 3.64. The molecule has 0 atom stereocenters. The van der Waals surface area contributed by atoms with E-state index in [-0.39, 0.29) is 18.2 Å². The lowest BCUT2D eigenvalue weighted by molar-refractivity contribution is 0.104. The Bertz CT molecular complexity index is 578. The number of ketones is 1. The molecule has 0 saturated heterocycles. The molecule has 0 bridgehead atoms. The Morgan fingerprint density at radius 3 is 2.19 bits per heavy atom. The highest BCUT2D eigenvalue weighted by molar-refractivity contribution is 6.24. The van der Waals surface area contributed by atoms with Crippen LogP contribution in [0.1, 0.15) is 15.9 Å². The highest BCUT2D eigenvalue weighted by Crippen LogP contribution is 2.38. The molecule has 16 heavy (non-hydrogen) atoms. The summed E-state index contributed by atoms with van der Waals surface area (Å²) in [4.78, 5) is 12.0. The zero-order valence-electron chi connectivity index (χ0n) is 8.44. The molecule has 0 spiro atoms. The third-order valence-corrected chi connectivity index (χ3v) is 2.79. The minimum absolute atomic E-state index is 0. The van der Waals surface area contributed by atoms with Gasteiger partial charge in [0, 0.05) is 11.3 Å². The van der Waals surface area contributed by atoms with E-state index in [1.165, 1.54) is 0 Å². The topological polar surface area (TPSA) is 43.1 Å². The van der Waals surface area contributed by atoms with E-state index in [1.54, 1.807) is 6.07 Å². The molecule has 80 valence electrons. The van der Waals surface area contributed by atoms with E-state index in [4.69, 9.17) is 5.73 Å². The molecule has 0 radical (unpaired) electrons. The van der Waals surface area contributed by atoms with Crippen molar-refractivity contribution in [2.75, 3.05) is 5.73 Å². The van der Waals surface area contributed by atoms with Crippen LogP contribution < -0.4 is 5.73 Å². The minimum atomic E-state index is 0. The maximum atomic E-state index is 12.0. The highest BCUT2D eigenvalue weighted by atomic mass is 35.5. The van der Waals surface area contributed by atoms with Gasteiger partial charge >= 0.3 is 0 Å². The summed E-state index contributed by atoms with van der Waals surface area (Å²) in [6.45, 7) is 0. The van der Waals surface area contributed by atoms with Crippen molar-refractivity contribution in [3.63, 3.8) is 0 Å². The van der Waals surface area contributed by atoms with Crippen LogP contribution in [-0.2, 0) is 0 Å². The molecule has 2 aromatic carbocycles. The average molecular weight is 232 g/mol. The lowest BCUT2D eigenvalue weighted by Crippen LogP contribution is -1.99. The lowest BCUT2D eigenvalue weighted by atomic mass is 10.1. The zero-order chi connectivity index (χ0) is 10.4. The normalized spacial score (nSPS) is 11.6. The van der Waals surface area contributed by atoms with E-state index in [2.05, 4.69) is 0 Å². The van der Waals surface area contributed by atoms with Crippen LogP contribution >= 0.6 is 12.4 Å². The third-order valence-electron chi connectivity index (χ3n) is 2.79. The van der Waals surface area contributed by atoms with Gasteiger partial charge in [0.05, 0.1) is 5.56 Å². The number of benzene rings is 2. The van der Waals surface area contributed by atoms with Gasteiger partial charge in [-0.3, -0.25) is 4.79 Å². The fourth-order valence-electron chi connectivity index (χ4n) is 2.10. The molecule has 0 unspecified atom stereocenters. The second kappa shape index (κ2) is 3.65. The Balaban J connectivity index is 0.000000963. The minimum Gasteiger partial charge on any atom is -0.398 e. The van der Waals surface area contributed by atoms with Gasteiger partial charge in [-0.2, -0.15) is 0 Å². The number of hydrogen-bond donors (Lipinski definition) is 1. The Hall–Kier alpha value is -1.80. The smallest absolute Gasteiger partial charge is 0.196 e. The first-order valence-electron chi connectivity index (χ1n) is 4.81. The van der Waals surface area contributed by atoms with Crippen LogP contribution in [0.2, 0.25) is 0 Å². The SMILES string of the molecule is Cl.Nc1cccc2c1C(=O)c1ccccc1-2. The quantitative estimate of drug-likeness (QED) is 0.605. The van der Waals surface area contributed by atoms with Gasteiger partial charge in [0.25, 0.3) is 0 Å². The van der Waals surface area contributed by atoms with Gasteiger partial charge in [-0.25, -0.2) is 0 Å². The summed E-state index contributed by atoms with van der Waals surface area (Å²) in [6.07, 6.45) is 0. The number of carbonyl (C=O) groups excluding carboxylic acids is 1. The van der Waals surface area contributed by atoms with Gasteiger partial charge in [0.1, 0.15) is 0 Å². The van der Waals surface area contributed by atoms with Crippen molar-refractivity contribution < 1.29 is 4.79 Å². The van der Waals surface area contributed by atoms with E-state index in [1.807, 2.05) is 36.4 Å². The predicted molar refractivity (Wildman–Crippen MR) is 67.0 cm³/mol. The number of rotatable bonds is 0. The van der Waals surface area contributed by atoms with Crippen molar-refractivity contribution in [2.24, 2.45) is 0 Å². The fraction of sp³-hybridized carbons (Fsp3) is 0. The molecule has 2 N–H and O–H groups in total. The first-order chi connectivity index (χ1) is 7.29. The largest absolute Gasteiger partial charge is 0.398 e. The van der Waals surface area contributed by atoms with Gasteiger partial charge in [0.15, 0.2) is 5.78 Å². The summed E-state index contributed by atoms with van der Waals surface area (Å²) in [6, 6.07) is 13.2. The van der Waals surface area contributed by atoms with E-state index >= 15 is 0 Å². The number of halogens is 1. The summed E-state index contributed by atoms with van der Waals surface area (Å²) in [5, 5.41) is 0. The predicted octanol–water partition coefficient (Wildman–Crippen LogP) is 2.90. The first kappa shape index (κ1) is 10.7. The number of hydrogen-bond acceptors (Lipinski definition) is 2. The standard InChI is InChI=1S/C13H9NO.ClH/c14-11-7-3-6-9-8-4-1-2-5-10(8)13(15)12(9)11;/h1-7H,14H2;1H. The van der Waals surface area contributed by atoms with Crippen LogP contribution in [0.25, 0.3) is 11.1 Å². The molecule has 1 aliphatic carbocycles. The molecule has 0 amide bonds. The molecule has 3 heteroatoms. The molecule has 0 fully saturated rings. The molecule has 2 nitrogen and oxygen atoms in total. The van der Waals surface area contributed by atoms with Crippen molar-refractivity contribution in [3.05, 3.63) is 53.6 Å². The number of anilines is 1. The second-order valence-corrected chi connectivity index (χ2v) is 3.64. The van der Waals surface area contributed by atoms with Gasteiger partial charge in [-0.15, -0.1) is 12.4 Å². The number of nitrogens with two attached hydrogens (primary N) is 1. The highest BCUT2D eigenvalue weighted by Gasteiger charge is 2.27. The summed E-state index contributed by atoms with van der Waals surface area (Å²) in [7, 11) is 0. The molecule has 0 aliphatic heterocycles. The number of carbonyl (C=O) groups is 1. The van der Waals surface area contributed by atoms with E-state index in [0.717, 1.165) is 16.7 Å². The van der Waals surface area contributed by atoms with Gasteiger partial charge in [-0.05, 0) is 17.2 Å². The monoisotopic (exact) mass is 231 g/mol. The van der Waals surface area contributed by atoms with Crippen molar-refractivity contribution in [3.8, 4) is 11.1 Å². The van der Waals surface area contributed by atoms with Crippen molar-refractivity contribution in [2.45, 2.75) is 0 Å². The molecule has 3 rings (SSSR count). The lowest BCUT2D eigenvalue weighted by Gasteiger charge is -2.00. The van der Waals surface area contributed by atoms with E-state index in [9.17, 15) is 4.79 Å². The maximum absolute atomic E-state index is 12.0. The first-order valence-corrected chi connectivity index (χ1v) is 4.81. The summed E-state index contributed by atoms with van der Waals surface area (Å²) in [5.41, 5.74) is 9.74. The van der Waals surface area contributed by atoms with Crippen LogP contribution in [0.3, 0.4) is 0 Å². The van der Waals surface area contributed by atoms with Gasteiger partial charge in [0.2, 0.25) is 0 Å². The molecule has 0 heterocycles. The van der Waals surface area contributed by atoms with Crippen LogP contribution in [0.5, 0.6) is 0 Å². The summed E-state index contributed by atoms with van der Waals surface area (Å²) >= 11 is 0. The average Bonchev–Trinajstić information content (AvgIpc) is 2.55. The Morgan fingerprint density at radius 2 is 1.44 bits per heavy atom. The summed E-state index contributed by atoms with van der Waals surface area (Å²) in [5.74, 6) is 0.0405. The zero-order valence-corrected chi connectivity index (χ0v) is 9.25. The Morgan fingerprint density at radius 1 is 0.812 bits per heavy atom. The molecule has 0 aromatic heterocycles. The molecule has 2 aromatic rings. The molecule has 1 aliphatic rings. The Labute approximate surface area is 99.5 Å². The van der Waals surface area contributed by atoms with E-state index in [0.29, 0.717) is 11.3 Å².